The highest BCUT2D eigenvalue weighted by atomic mass is 16.5. The fourth-order valence-electron chi connectivity index (χ4n) is 1.86. The lowest BCUT2D eigenvalue weighted by Crippen LogP contribution is -1.98. The maximum Gasteiger partial charge on any atom is 0.336 e. The minimum absolute atomic E-state index is 0.301. The molecule has 0 aromatic heterocycles. The zero-order valence-corrected chi connectivity index (χ0v) is 11.2. The zero-order valence-electron chi connectivity index (χ0n) is 11.2. The molecule has 20 heavy (non-hydrogen) atoms. The average Bonchev–Trinajstić information content (AvgIpc) is 2.47. The molecular weight excluding hydrogens is 252 g/mol. The van der Waals surface area contributed by atoms with E-state index in [1.54, 1.807) is 24.3 Å². The SMILES string of the molecule is CCOc1ccc(C=Cc2ccccc2C(=O)O)cc1. The van der Waals surface area contributed by atoms with Gasteiger partial charge < -0.3 is 9.84 Å². The Kier molecular flexibility index (Phi) is 4.56. The van der Waals surface area contributed by atoms with Crippen molar-refractivity contribution in [3.8, 4) is 5.75 Å². The molecular formula is C17H16O3. The summed E-state index contributed by atoms with van der Waals surface area (Å²) in [6.45, 7) is 2.58. The number of carboxylic acid groups (broad SMARTS) is 1. The molecule has 0 amide bonds. The van der Waals surface area contributed by atoms with Crippen LogP contribution >= 0.6 is 0 Å². The van der Waals surface area contributed by atoms with Crippen molar-refractivity contribution in [1.29, 1.82) is 0 Å². The van der Waals surface area contributed by atoms with Gasteiger partial charge in [-0.2, -0.15) is 0 Å². The van der Waals surface area contributed by atoms with Gasteiger partial charge >= 0.3 is 5.97 Å². The normalized spacial score (nSPS) is 10.7. The second kappa shape index (κ2) is 6.57. The summed E-state index contributed by atoms with van der Waals surface area (Å²) in [6, 6.07) is 14.6. The molecule has 0 fully saturated rings. The third-order valence-corrected chi connectivity index (χ3v) is 2.84. The summed E-state index contributed by atoms with van der Waals surface area (Å²) in [5.41, 5.74) is 1.98. The lowest BCUT2D eigenvalue weighted by molar-refractivity contribution is 0.0696. The largest absolute Gasteiger partial charge is 0.494 e. The summed E-state index contributed by atoms with van der Waals surface area (Å²) in [7, 11) is 0. The third kappa shape index (κ3) is 3.48. The number of aromatic carboxylic acids is 1. The van der Waals surface area contributed by atoms with Crippen LogP contribution in [0.25, 0.3) is 12.2 Å². The predicted octanol–water partition coefficient (Wildman–Crippen LogP) is 3.95. The molecule has 1 N–H and O–H groups in total. The van der Waals surface area contributed by atoms with Gasteiger partial charge in [-0.25, -0.2) is 4.79 Å². The molecule has 3 heteroatoms. The van der Waals surface area contributed by atoms with E-state index in [4.69, 9.17) is 9.84 Å². The van der Waals surface area contributed by atoms with Crippen molar-refractivity contribution in [3.63, 3.8) is 0 Å². The number of benzene rings is 2. The number of hydrogen-bond acceptors (Lipinski definition) is 2. The van der Waals surface area contributed by atoms with Crippen LogP contribution in [0.5, 0.6) is 5.75 Å². The lowest BCUT2D eigenvalue weighted by Gasteiger charge is -2.03. The number of carbonyl (C=O) groups is 1. The fourth-order valence-corrected chi connectivity index (χ4v) is 1.86. The van der Waals surface area contributed by atoms with Crippen molar-refractivity contribution < 1.29 is 14.6 Å². The van der Waals surface area contributed by atoms with Gasteiger partial charge in [0.05, 0.1) is 12.2 Å². The summed E-state index contributed by atoms with van der Waals surface area (Å²) in [5.74, 6) is -0.0903. The van der Waals surface area contributed by atoms with E-state index >= 15 is 0 Å². The number of rotatable bonds is 5. The molecule has 0 unspecified atom stereocenters. The Bertz CT molecular complexity index is 612. The topological polar surface area (TPSA) is 46.5 Å². The van der Waals surface area contributed by atoms with Crippen molar-refractivity contribution in [2.75, 3.05) is 6.61 Å². The number of hydrogen-bond donors (Lipinski definition) is 1. The van der Waals surface area contributed by atoms with Crippen LogP contribution < -0.4 is 4.74 Å². The third-order valence-electron chi connectivity index (χ3n) is 2.84. The van der Waals surface area contributed by atoms with Gasteiger partial charge in [-0.3, -0.25) is 0 Å². The molecule has 0 heterocycles. The van der Waals surface area contributed by atoms with Gasteiger partial charge in [-0.05, 0) is 36.2 Å². The van der Waals surface area contributed by atoms with Crippen LogP contribution in [0.3, 0.4) is 0 Å². The van der Waals surface area contributed by atoms with E-state index in [9.17, 15) is 4.79 Å². The van der Waals surface area contributed by atoms with Crippen molar-refractivity contribution in [2.45, 2.75) is 6.92 Å². The molecule has 2 rings (SSSR count). The Labute approximate surface area is 118 Å². The van der Waals surface area contributed by atoms with Crippen LogP contribution in [0.4, 0.5) is 0 Å². The molecule has 2 aromatic rings. The Morgan fingerprint density at radius 1 is 1.10 bits per heavy atom. The monoisotopic (exact) mass is 268 g/mol. The van der Waals surface area contributed by atoms with E-state index in [0.717, 1.165) is 11.3 Å². The molecule has 0 aliphatic heterocycles. The van der Waals surface area contributed by atoms with Crippen molar-refractivity contribution in [3.05, 3.63) is 65.2 Å². The summed E-state index contributed by atoms with van der Waals surface area (Å²) >= 11 is 0. The molecule has 0 atom stereocenters. The molecule has 0 saturated carbocycles. The van der Waals surface area contributed by atoms with E-state index in [-0.39, 0.29) is 0 Å². The van der Waals surface area contributed by atoms with Crippen LogP contribution in [0.1, 0.15) is 28.4 Å². The Morgan fingerprint density at radius 2 is 1.80 bits per heavy atom. The predicted molar refractivity (Wildman–Crippen MR) is 79.9 cm³/mol. The second-order valence-corrected chi connectivity index (χ2v) is 4.23. The summed E-state index contributed by atoms with van der Waals surface area (Å²) in [5, 5.41) is 9.11. The average molecular weight is 268 g/mol. The van der Waals surface area contributed by atoms with Gasteiger partial charge in [0.2, 0.25) is 0 Å². The van der Waals surface area contributed by atoms with Crippen molar-refractivity contribution in [2.24, 2.45) is 0 Å². The number of ether oxygens (including phenoxy) is 1. The van der Waals surface area contributed by atoms with Crippen molar-refractivity contribution >= 4 is 18.1 Å². The van der Waals surface area contributed by atoms with E-state index in [2.05, 4.69) is 0 Å². The Morgan fingerprint density at radius 3 is 2.45 bits per heavy atom. The molecule has 0 aliphatic carbocycles. The quantitative estimate of drug-likeness (QED) is 0.835. The summed E-state index contributed by atoms with van der Waals surface area (Å²) in [4.78, 5) is 11.1. The zero-order chi connectivity index (χ0) is 14.4. The van der Waals surface area contributed by atoms with E-state index < -0.39 is 5.97 Å². The fraction of sp³-hybridized carbons (Fsp3) is 0.118. The van der Waals surface area contributed by atoms with Gasteiger partial charge in [-0.1, -0.05) is 42.5 Å². The first-order valence-electron chi connectivity index (χ1n) is 6.44. The first-order chi connectivity index (χ1) is 9.70. The van der Waals surface area contributed by atoms with E-state index in [1.807, 2.05) is 43.3 Å². The minimum Gasteiger partial charge on any atom is -0.494 e. The first kappa shape index (κ1) is 13.9. The maximum atomic E-state index is 11.1. The highest BCUT2D eigenvalue weighted by Crippen LogP contribution is 2.16. The smallest absolute Gasteiger partial charge is 0.336 e. The van der Waals surface area contributed by atoms with Crippen LogP contribution in [-0.2, 0) is 0 Å². The molecule has 0 saturated heterocycles. The van der Waals surface area contributed by atoms with E-state index in [1.165, 1.54) is 0 Å². The van der Waals surface area contributed by atoms with Gasteiger partial charge in [0.1, 0.15) is 5.75 Å². The van der Waals surface area contributed by atoms with E-state index in [0.29, 0.717) is 17.7 Å². The molecule has 0 radical (unpaired) electrons. The van der Waals surface area contributed by atoms with Gasteiger partial charge in [0.25, 0.3) is 0 Å². The Balaban J connectivity index is 2.19. The number of carboxylic acids is 1. The molecule has 2 aromatic carbocycles. The molecule has 3 nitrogen and oxygen atoms in total. The second-order valence-electron chi connectivity index (χ2n) is 4.23. The molecule has 0 bridgehead atoms. The minimum atomic E-state index is -0.919. The standard InChI is InChI=1S/C17H16O3/c1-2-20-15-11-8-13(9-12-15)7-10-14-5-3-4-6-16(14)17(18)19/h3-12H,2H2,1H3,(H,18,19). The summed E-state index contributed by atoms with van der Waals surface area (Å²) in [6.07, 6.45) is 3.69. The van der Waals surface area contributed by atoms with Gasteiger partial charge in [0, 0.05) is 0 Å². The maximum absolute atomic E-state index is 11.1. The highest BCUT2D eigenvalue weighted by molar-refractivity contribution is 5.93. The van der Waals surface area contributed by atoms with Gasteiger partial charge in [0.15, 0.2) is 0 Å². The first-order valence-corrected chi connectivity index (χ1v) is 6.44. The molecule has 0 spiro atoms. The molecule has 102 valence electrons. The highest BCUT2D eigenvalue weighted by Gasteiger charge is 2.05. The summed E-state index contributed by atoms with van der Waals surface area (Å²) < 4.78 is 5.37. The van der Waals surface area contributed by atoms with Crippen LogP contribution in [-0.4, -0.2) is 17.7 Å². The van der Waals surface area contributed by atoms with Crippen molar-refractivity contribution in [1.82, 2.24) is 0 Å². The molecule has 0 aliphatic rings. The van der Waals surface area contributed by atoms with Gasteiger partial charge in [-0.15, -0.1) is 0 Å². The van der Waals surface area contributed by atoms with Crippen LogP contribution in [0, 0.1) is 0 Å². The lowest BCUT2D eigenvalue weighted by atomic mass is 10.1. The van der Waals surface area contributed by atoms with Crippen LogP contribution in [0.2, 0.25) is 0 Å². The van der Waals surface area contributed by atoms with Crippen LogP contribution in [0.15, 0.2) is 48.5 Å². The Hall–Kier alpha value is -2.55.